The molecule has 0 unspecified atom stereocenters. The molecule has 1 aromatic carbocycles. The zero-order chi connectivity index (χ0) is 15.2. The first-order chi connectivity index (χ1) is 10.1. The first kappa shape index (κ1) is 15.6. The molecule has 2 N–H and O–H groups in total. The maximum atomic E-state index is 5.86. The lowest BCUT2D eigenvalue weighted by Gasteiger charge is -2.21. The predicted molar refractivity (Wildman–Crippen MR) is 87.9 cm³/mol. The molecule has 0 saturated heterocycles. The number of nitrogen functional groups attached to an aromatic ring is 1. The topological polar surface area (TPSA) is 47.1 Å². The number of benzene rings is 1. The number of rotatable bonds is 7. The van der Waals surface area contributed by atoms with Gasteiger partial charge in [0.05, 0.1) is 5.69 Å². The third kappa shape index (κ3) is 4.60. The molecule has 1 heterocycles. The molecule has 0 aliphatic carbocycles. The van der Waals surface area contributed by atoms with Crippen LogP contribution in [0.5, 0.6) is 0 Å². The van der Waals surface area contributed by atoms with Gasteiger partial charge < -0.3 is 5.73 Å². The van der Waals surface area contributed by atoms with Crippen molar-refractivity contribution >= 4 is 5.69 Å². The molecule has 4 nitrogen and oxygen atoms in total. The monoisotopic (exact) mass is 286 g/mol. The van der Waals surface area contributed by atoms with E-state index in [2.05, 4.69) is 55.2 Å². The van der Waals surface area contributed by atoms with Gasteiger partial charge >= 0.3 is 0 Å². The highest BCUT2D eigenvalue weighted by molar-refractivity contribution is 5.40. The third-order valence-electron chi connectivity index (χ3n) is 3.48. The highest BCUT2D eigenvalue weighted by atomic mass is 15.3. The van der Waals surface area contributed by atoms with Gasteiger partial charge in [-0.05, 0) is 50.6 Å². The Labute approximate surface area is 127 Å². The number of nitrogens with zero attached hydrogens (tertiary/aromatic N) is 3. The van der Waals surface area contributed by atoms with Gasteiger partial charge in [-0.3, -0.25) is 9.58 Å². The first-order valence-corrected chi connectivity index (χ1v) is 7.69. The van der Waals surface area contributed by atoms with E-state index in [1.807, 2.05) is 16.8 Å². The lowest BCUT2D eigenvalue weighted by Crippen LogP contribution is -2.24. The molecule has 0 aliphatic rings. The summed E-state index contributed by atoms with van der Waals surface area (Å²) in [5.74, 6) is 0. The van der Waals surface area contributed by atoms with Crippen molar-refractivity contribution in [3.63, 3.8) is 0 Å². The van der Waals surface area contributed by atoms with Crippen LogP contribution < -0.4 is 5.73 Å². The van der Waals surface area contributed by atoms with Crippen molar-refractivity contribution in [3.05, 3.63) is 47.8 Å². The van der Waals surface area contributed by atoms with Crippen molar-refractivity contribution in [3.8, 4) is 0 Å². The van der Waals surface area contributed by atoms with Crippen LogP contribution in [0.15, 0.2) is 36.5 Å². The van der Waals surface area contributed by atoms with E-state index in [9.17, 15) is 0 Å². The second-order valence-corrected chi connectivity index (χ2v) is 5.84. The van der Waals surface area contributed by atoms with Crippen molar-refractivity contribution in [1.82, 2.24) is 14.7 Å². The molecule has 114 valence electrons. The van der Waals surface area contributed by atoms with Crippen LogP contribution >= 0.6 is 0 Å². The summed E-state index contributed by atoms with van der Waals surface area (Å²) in [6.07, 6.45) is 3.19. The zero-order valence-corrected chi connectivity index (χ0v) is 13.3. The van der Waals surface area contributed by atoms with E-state index in [1.54, 1.807) is 0 Å². The van der Waals surface area contributed by atoms with Crippen LogP contribution in [0, 0.1) is 0 Å². The Balaban J connectivity index is 2.04. The number of nitrogens with two attached hydrogens (primary N) is 1. The van der Waals surface area contributed by atoms with Crippen molar-refractivity contribution in [2.75, 3.05) is 12.3 Å². The molecule has 1 aromatic heterocycles. The Hall–Kier alpha value is -1.81. The summed E-state index contributed by atoms with van der Waals surface area (Å²) >= 11 is 0. The summed E-state index contributed by atoms with van der Waals surface area (Å²) < 4.78 is 2.01. The minimum absolute atomic E-state index is 0.410. The van der Waals surface area contributed by atoms with Crippen molar-refractivity contribution in [2.24, 2.45) is 0 Å². The van der Waals surface area contributed by atoms with Gasteiger partial charge in [-0.1, -0.05) is 19.1 Å². The normalized spacial score (nSPS) is 11.5. The lowest BCUT2D eigenvalue weighted by molar-refractivity contribution is 0.253. The maximum Gasteiger partial charge on any atom is 0.0765 e. The van der Waals surface area contributed by atoms with Crippen LogP contribution in [0.3, 0.4) is 0 Å². The Kier molecular flexibility index (Phi) is 5.39. The van der Waals surface area contributed by atoms with Crippen LogP contribution in [-0.2, 0) is 13.1 Å². The highest BCUT2D eigenvalue weighted by Crippen LogP contribution is 2.13. The van der Waals surface area contributed by atoms with Gasteiger partial charge in [0, 0.05) is 31.0 Å². The number of anilines is 1. The second kappa shape index (κ2) is 7.27. The summed E-state index contributed by atoms with van der Waals surface area (Å²) in [7, 11) is 0. The average molecular weight is 286 g/mol. The SMILES string of the molecule is CCCN(Cc1cccc(N)c1)Cc1ccn(C(C)C)n1. The first-order valence-electron chi connectivity index (χ1n) is 7.69. The molecule has 0 atom stereocenters. The Morgan fingerprint density at radius 3 is 2.67 bits per heavy atom. The Morgan fingerprint density at radius 1 is 1.24 bits per heavy atom. The summed E-state index contributed by atoms with van der Waals surface area (Å²) in [4.78, 5) is 2.42. The predicted octanol–water partition coefficient (Wildman–Crippen LogP) is 3.46. The molecular weight excluding hydrogens is 260 g/mol. The minimum Gasteiger partial charge on any atom is -0.399 e. The molecule has 21 heavy (non-hydrogen) atoms. The van der Waals surface area contributed by atoms with Crippen molar-refractivity contribution in [1.29, 1.82) is 0 Å². The highest BCUT2D eigenvalue weighted by Gasteiger charge is 2.09. The van der Waals surface area contributed by atoms with E-state index in [0.717, 1.165) is 37.4 Å². The van der Waals surface area contributed by atoms with Crippen LogP contribution in [0.25, 0.3) is 0 Å². The molecular formula is C17H26N4. The molecule has 4 heteroatoms. The lowest BCUT2D eigenvalue weighted by atomic mass is 10.2. The van der Waals surface area contributed by atoms with E-state index in [0.29, 0.717) is 6.04 Å². The third-order valence-corrected chi connectivity index (χ3v) is 3.48. The smallest absolute Gasteiger partial charge is 0.0765 e. The number of aromatic nitrogens is 2. The second-order valence-electron chi connectivity index (χ2n) is 5.84. The fourth-order valence-electron chi connectivity index (χ4n) is 2.46. The largest absolute Gasteiger partial charge is 0.399 e. The van der Waals surface area contributed by atoms with Gasteiger partial charge in [0.2, 0.25) is 0 Å². The van der Waals surface area contributed by atoms with Gasteiger partial charge in [0.25, 0.3) is 0 Å². The van der Waals surface area contributed by atoms with Gasteiger partial charge in [0.1, 0.15) is 0 Å². The summed E-state index contributed by atoms with van der Waals surface area (Å²) in [5.41, 5.74) is 9.07. The van der Waals surface area contributed by atoms with Crippen molar-refractivity contribution in [2.45, 2.75) is 46.3 Å². The van der Waals surface area contributed by atoms with Crippen LogP contribution in [-0.4, -0.2) is 21.2 Å². The van der Waals surface area contributed by atoms with E-state index < -0.39 is 0 Å². The number of hydrogen-bond donors (Lipinski definition) is 1. The maximum absolute atomic E-state index is 5.86. The molecule has 0 bridgehead atoms. The molecule has 0 radical (unpaired) electrons. The molecule has 2 aromatic rings. The average Bonchev–Trinajstić information content (AvgIpc) is 2.88. The van der Waals surface area contributed by atoms with Gasteiger partial charge in [-0.25, -0.2) is 0 Å². The molecule has 0 spiro atoms. The molecule has 0 fully saturated rings. The van der Waals surface area contributed by atoms with Crippen LogP contribution in [0.4, 0.5) is 5.69 Å². The molecule has 2 rings (SSSR count). The summed E-state index contributed by atoms with van der Waals surface area (Å²) in [6, 6.07) is 10.6. The van der Waals surface area contributed by atoms with E-state index in [-0.39, 0.29) is 0 Å². The number of hydrogen-bond acceptors (Lipinski definition) is 3. The van der Waals surface area contributed by atoms with Gasteiger partial charge in [0.15, 0.2) is 0 Å². The van der Waals surface area contributed by atoms with E-state index in [1.165, 1.54) is 5.56 Å². The van der Waals surface area contributed by atoms with Crippen molar-refractivity contribution < 1.29 is 0 Å². The minimum atomic E-state index is 0.410. The fraction of sp³-hybridized carbons (Fsp3) is 0.471. The summed E-state index contributed by atoms with van der Waals surface area (Å²) in [6.45, 7) is 9.35. The molecule has 0 aliphatic heterocycles. The van der Waals surface area contributed by atoms with Crippen LogP contribution in [0.1, 0.15) is 44.5 Å². The van der Waals surface area contributed by atoms with Gasteiger partial charge in [-0.2, -0.15) is 5.10 Å². The zero-order valence-electron chi connectivity index (χ0n) is 13.3. The molecule has 0 amide bonds. The standard InChI is InChI=1S/C17H26N4/c1-4-9-20(12-15-6-5-7-16(18)11-15)13-17-8-10-21(19-17)14(2)3/h5-8,10-11,14H,4,9,12-13,18H2,1-3H3. The van der Waals surface area contributed by atoms with Crippen LogP contribution in [0.2, 0.25) is 0 Å². The van der Waals surface area contributed by atoms with Gasteiger partial charge in [-0.15, -0.1) is 0 Å². The Bertz CT molecular complexity index is 559. The quantitative estimate of drug-likeness (QED) is 0.793. The molecule has 0 saturated carbocycles. The summed E-state index contributed by atoms with van der Waals surface area (Å²) in [5, 5.41) is 4.64. The Morgan fingerprint density at radius 2 is 2.05 bits per heavy atom. The fourth-order valence-corrected chi connectivity index (χ4v) is 2.46. The van der Waals surface area contributed by atoms with E-state index in [4.69, 9.17) is 5.73 Å². The van der Waals surface area contributed by atoms with E-state index >= 15 is 0 Å².